The Balaban J connectivity index is 1.44. The Labute approximate surface area is 145 Å². The summed E-state index contributed by atoms with van der Waals surface area (Å²) >= 11 is 0. The van der Waals surface area contributed by atoms with Crippen molar-refractivity contribution in [2.45, 2.75) is 76.2 Å². The van der Waals surface area contributed by atoms with Crippen LogP contribution < -0.4 is 0 Å². The summed E-state index contributed by atoms with van der Waals surface area (Å²) in [4.78, 5) is 0. The second-order valence-electron chi connectivity index (χ2n) is 8.37. The third kappa shape index (κ3) is 7.33. The average Bonchev–Trinajstić information content (AvgIpc) is 3.35. The van der Waals surface area contributed by atoms with Gasteiger partial charge in [0.2, 0.25) is 0 Å². The van der Waals surface area contributed by atoms with Crippen LogP contribution in [-0.4, -0.2) is 75.3 Å². The maximum absolute atomic E-state index is 6.15. The summed E-state index contributed by atoms with van der Waals surface area (Å²) in [5, 5.41) is 0. The molecule has 24 heavy (non-hydrogen) atoms. The van der Waals surface area contributed by atoms with Crippen molar-refractivity contribution >= 4 is 0 Å². The van der Waals surface area contributed by atoms with Gasteiger partial charge in [-0.15, -0.1) is 0 Å². The summed E-state index contributed by atoms with van der Waals surface area (Å²) in [6, 6.07) is 0. The van der Waals surface area contributed by atoms with Crippen molar-refractivity contribution in [3.05, 3.63) is 0 Å². The van der Waals surface area contributed by atoms with E-state index in [-0.39, 0.29) is 29.5 Å². The zero-order valence-electron chi connectivity index (χ0n) is 15.4. The number of epoxide rings is 3. The van der Waals surface area contributed by atoms with Gasteiger partial charge in [0.25, 0.3) is 0 Å². The molecule has 0 N–H and O–H groups in total. The van der Waals surface area contributed by atoms with Crippen molar-refractivity contribution in [3.63, 3.8) is 0 Å². The standard InChI is InChI=1S/C18H32O6/c1-17(2,5-13-7-19-13)23-11-14(20-8-15-9-21-15)6-18(3,4)24-12-16-10-22-16/h13-16H,5-12H2,1-4H3. The number of ether oxygens (including phenoxy) is 6. The molecule has 3 fully saturated rings. The third-order valence-corrected chi connectivity index (χ3v) is 4.48. The molecule has 4 atom stereocenters. The Morgan fingerprint density at radius 2 is 1.42 bits per heavy atom. The minimum atomic E-state index is -0.270. The van der Waals surface area contributed by atoms with Crippen LogP contribution in [-0.2, 0) is 28.4 Å². The van der Waals surface area contributed by atoms with Gasteiger partial charge >= 0.3 is 0 Å². The van der Waals surface area contributed by atoms with E-state index in [2.05, 4.69) is 27.7 Å². The molecule has 0 aliphatic carbocycles. The first-order chi connectivity index (χ1) is 11.3. The zero-order chi connectivity index (χ0) is 17.2. The quantitative estimate of drug-likeness (QED) is 0.476. The van der Waals surface area contributed by atoms with Crippen molar-refractivity contribution in [3.8, 4) is 0 Å². The van der Waals surface area contributed by atoms with Gasteiger partial charge in [-0.25, -0.2) is 0 Å². The zero-order valence-corrected chi connectivity index (χ0v) is 15.4. The van der Waals surface area contributed by atoms with Crippen molar-refractivity contribution < 1.29 is 28.4 Å². The first-order valence-electron chi connectivity index (χ1n) is 9.06. The highest BCUT2D eigenvalue weighted by Gasteiger charge is 2.35. The van der Waals surface area contributed by atoms with Gasteiger partial charge < -0.3 is 28.4 Å². The van der Waals surface area contributed by atoms with E-state index < -0.39 is 0 Å². The summed E-state index contributed by atoms with van der Waals surface area (Å²) in [6.07, 6.45) is 2.58. The van der Waals surface area contributed by atoms with E-state index in [1.54, 1.807) is 0 Å². The second-order valence-corrected chi connectivity index (χ2v) is 8.37. The van der Waals surface area contributed by atoms with Crippen molar-refractivity contribution in [1.82, 2.24) is 0 Å². The van der Waals surface area contributed by atoms with Crippen molar-refractivity contribution in [2.24, 2.45) is 0 Å². The summed E-state index contributed by atoms with van der Waals surface area (Å²) in [5.41, 5.74) is -0.472. The van der Waals surface area contributed by atoms with Gasteiger partial charge in [-0.3, -0.25) is 0 Å². The minimum Gasteiger partial charge on any atom is -0.373 e. The maximum atomic E-state index is 6.15. The molecule has 140 valence electrons. The molecule has 3 saturated heterocycles. The minimum absolute atomic E-state index is 0.0104. The maximum Gasteiger partial charge on any atom is 0.104 e. The molecule has 3 heterocycles. The van der Waals surface area contributed by atoms with Gasteiger partial charge in [-0.05, 0) is 27.7 Å². The van der Waals surface area contributed by atoms with E-state index in [4.69, 9.17) is 28.4 Å². The fourth-order valence-electron chi connectivity index (χ4n) is 2.78. The third-order valence-electron chi connectivity index (χ3n) is 4.48. The van der Waals surface area contributed by atoms with Gasteiger partial charge in [0.15, 0.2) is 0 Å². The Morgan fingerprint density at radius 3 is 2.00 bits per heavy atom. The normalized spacial score (nSPS) is 30.2. The molecular weight excluding hydrogens is 312 g/mol. The molecule has 0 saturated carbocycles. The summed E-state index contributed by atoms with van der Waals surface area (Å²) in [6.45, 7) is 12.7. The summed E-state index contributed by atoms with van der Waals surface area (Å²) in [7, 11) is 0. The Kier molecular flexibility index (Phi) is 5.84. The molecule has 0 spiro atoms. The van der Waals surface area contributed by atoms with Gasteiger partial charge in [0, 0.05) is 12.8 Å². The Hall–Kier alpha value is -0.240. The van der Waals surface area contributed by atoms with Gasteiger partial charge in [-0.1, -0.05) is 0 Å². The number of hydrogen-bond acceptors (Lipinski definition) is 6. The van der Waals surface area contributed by atoms with E-state index in [9.17, 15) is 0 Å². The first-order valence-corrected chi connectivity index (χ1v) is 9.06. The van der Waals surface area contributed by atoms with Gasteiger partial charge in [0.1, 0.15) is 12.2 Å². The summed E-state index contributed by atoms with van der Waals surface area (Å²) in [5.74, 6) is 0. The fraction of sp³-hybridized carbons (Fsp3) is 1.00. The lowest BCUT2D eigenvalue weighted by Crippen LogP contribution is -2.38. The molecule has 3 aliphatic heterocycles. The molecule has 4 unspecified atom stereocenters. The van der Waals surface area contributed by atoms with Crippen LogP contribution in [0.4, 0.5) is 0 Å². The van der Waals surface area contributed by atoms with Crippen LogP contribution in [0.15, 0.2) is 0 Å². The fourth-order valence-corrected chi connectivity index (χ4v) is 2.78. The predicted octanol–water partition coefficient (Wildman–Crippen LogP) is 1.94. The van der Waals surface area contributed by atoms with E-state index in [0.29, 0.717) is 25.9 Å². The van der Waals surface area contributed by atoms with Crippen LogP contribution in [0.25, 0.3) is 0 Å². The van der Waals surface area contributed by atoms with E-state index >= 15 is 0 Å². The molecule has 3 rings (SSSR count). The predicted molar refractivity (Wildman–Crippen MR) is 88.3 cm³/mol. The number of rotatable bonds is 13. The number of hydrogen-bond donors (Lipinski definition) is 0. The lowest BCUT2D eigenvalue weighted by atomic mass is 9.99. The molecule has 6 nitrogen and oxygen atoms in total. The Morgan fingerprint density at radius 1 is 0.833 bits per heavy atom. The molecule has 0 aromatic heterocycles. The highest BCUT2D eigenvalue weighted by Crippen LogP contribution is 2.27. The second kappa shape index (κ2) is 7.56. The molecule has 0 aromatic rings. The lowest BCUT2D eigenvalue weighted by molar-refractivity contribution is -0.119. The van der Waals surface area contributed by atoms with E-state index in [0.717, 1.165) is 32.7 Å². The average molecular weight is 344 g/mol. The monoisotopic (exact) mass is 344 g/mol. The van der Waals surface area contributed by atoms with Gasteiger partial charge in [-0.2, -0.15) is 0 Å². The van der Waals surface area contributed by atoms with Crippen LogP contribution in [0, 0.1) is 0 Å². The van der Waals surface area contributed by atoms with Crippen LogP contribution >= 0.6 is 0 Å². The van der Waals surface area contributed by atoms with E-state index in [1.807, 2.05) is 0 Å². The van der Waals surface area contributed by atoms with Crippen LogP contribution in [0.3, 0.4) is 0 Å². The lowest BCUT2D eigenvalue weighted by Gasteiger charge is -2.32. The van der Waals surface area contributed by atoms with Crippen molar-refractivity contribution in [1.29, 1.82) is 0 Å². The first kappa shape index (κ1) is 18.5. The SMILES string of the molecule is CC(C)(CC1CO1)OCC(CC(C)(C)OCC1CO1)OCC1CO1. The Bertz CT molecular complexity index is 398. The molecule has 0 amide bonds. The molecule has 3 aliphatic rings. The van der Waals surface area contributed by atoms with Crippen LogP contribution in [0.5, 0.6) is 0 Å². The highest BCUT2D eigenvalue weighted by molar-refractivity contribution is 4.83. The molecule has 6 heteroatoms. The van der Waals surface area contributed by atoms with Crippen LogP contribution in [0.1, 0.15) is 40.5 Å². The topological polar surface area (TPSA) is 65.3 Å². The van der Waals surface area contributed by atoms with E-state index in [1.165, 1.54) is 0 Å². The smallest absolute Gasteiger partial charge is 0.104 e. The highest BCUT2D eigenvalue weighted by atomic mass is 16.6. The molecular formula is C18H32O6. The molecule has 0 bridgehead atoms. The molecule has 0 radical (unpaired) electrons. The van der Waals surface area contributed by atoms with Crippen molar-refractivity contribution in [2.75, 3.05) is 39.6 Å². The summed E-state index contributed by atoms with van der Waals surface area (Å²) < 4.78 is 34.0. The van der Waals surface area contributed by atoms with Crippen LogP contribution in [0.2, 0.25) is 0 Å². The molecule has 0 aromatic carbocycles. The van der Waals surface area contributed by atoms with Gasteiger partial charge in [0.05, 0.1) is 63.1 Å². The largest absolute Gasteiger partial charge is 0.373 e.